The Morgan fingerprint density at radius 3 is 1.71 bits per heavy atom. The second-order valence-electron chi connectivity index (χ2n) is 11.9. The Kier molecular flexibility index (Phi) is 8.44. The van der Waals surface area contributed by atoms with E-state index >= 15 is 0 Å². The molecule has 0 unspecified atom stereocenters. The normalized spacial score (nSPS) is 20.1. The molecule has 0 N–H and O–H groups in total. The van der Waals surface area contributed by atoms with Crippen molar-refractivity contribution in [2.24, 2.45) is 0 Å². The van der Waals surface area contributed by atoms with E-state index < -0.39 is 0 Å². The molecular weight excluding hydrogens is 595 g/mol. The third-order valence-electron chi connectivity index (χ3n) is 8.66. The van der Waals surface area contributed by atoms with Gasteiger partial charge in [-0.15, -0.1) is 0 Å². The summed E-state index contributed by atoms with van der Waals surface area (Å²) in [6.07, 6.45) is 3.88. The SMILES string of the molecule is Brc1cccc2cc(N3CCOCC3)ncc12.CC1(C)OB(c2cccc3cc(N4CCOCC4)ncc23)OC1(C)C. The van der Waals surface area contributed by atoms with Gasteiger partial charge < -0.3 is 28.6 Å². The average Bonchev–Trinajstić information content (AvgIpc) is 3.23. The van der Waals surface area contributed by atoms with Crippen LogP contribution in [0.4, 0.5) is 11.6 Å². The minimum Gasteiger partial charge on any atom is -0.399 e. The molecule has 5 heterocycles. The summed E-state index contributed by atoms with van der Waals surface area (Å²) in [7, 11) is -0.371. The van der Waals surface area contributed by atoms with E-state index in [2.05, 4.69) is 101 Å². The minimum absolute atomic E-state index is 0.346. The lowest BCUT2D eigenvalue weighted by Gasteiger charge is -2.32. The zero-order valence-electron chi connectivity index (χ0n) is 24.8. The fourth-order valence-corrected chi connectivity index (χ4v) is 5.90. The molecule has 7 rings (SSSR count). The van der Waals surface area contributed by atoms with E-state index in [1.165, 1.54) is 5.39 Å². The molecule has 2 aromatic carbocycles. The van der Waals surface area contributed by atoms with Crippen molar-refractivity contribution in [1.29, 1.82) is 0 Å². The van der Waals surface area contributed by atoms with E-state index in [1.54, 1.807) is 0 Å². The average molecular weight is 633 g/mol. The maximum atomic E-state index is 6.23. The summed E-state index contributed by atoms with van der Waals surface area (Å²) < 4.78 is 24.3. The first-order valence-corrected chi connectivity index (χ1v) is 15.5. The van der Waals surface area contributed by atoms with Gasteiger partial charge in [-0.2, -0.15) is 0 Å². The number of aromatic nitrogens is 2. The smallest absolute Gasteiger partial charge is 0.399 e. The van der Waals surface area contributed by atoms with Gasteiger partial charge in [-0.25, -0.2) is 9.97 Å². The summed E-state index contributed by atoms with van der Waals surface area (Å²) in [5, 5.41) is 4.61. The lowest BCUT2D eigenvalue weighted by molar-refractivity contribution is 0.00578. The largest absolute Gasteiger partial charge is 0.495 e. The van der Waals surface area contributed by atoms with E-state index in [0.29, 0.717) is 0 Å². The number of hydrogen-bond donors (Lipinski definition) is 0. The maximum Gasteiger partial charge on any atom is 0.495 e. The summed E-state index contributed by atoms with van der Waals surface area (Å²) in [6, 6.07) is 16.8. The molecule has 42 heavy (non-hydrogen) atoms. The molecule has 0 atom stereocenters. The molecule has 220 valence electrons. The van der Waals surface area contributed by atoms with Crippen LogP contribution in [-0.2, 0) is 18.8 Å². The Morgan fingerprint density at radius 1 is 0.690 bits per heavy atom. The number of halogens is 1. The second kappa shape index (κ2) is 12.1. The van der Waals surface area contributed by atoms with Gasteiger partial charge >= 0.3 is 7.12 Å². The highest BCUT2D eigenvalue weighted by molar-refractivity contribution is 9.10. The van der Waals surface area contributed by atoms with E-state index in [4.69, 9.17) is 23.8 Å². The number of nitrogens with zero attached hydrogens (tertiary/aromatic N) is 4. The predicted octanol–water partition coefficient (Wildman–Crippen LogP) is 5.20. The van der Waals surface area contributed by atoms with Gasteiger partial charge in [0.25, 0.3) is 0 Å². The van der Waals surface area contributed by atoms with Crippen molar-refractivity contribution in [3.63, 3.8) is 0 Å². The van der Waals surface area contributed by atoms with Crippen LogP contribution in [0.2, 0.25) is 0 Å². The Balaban J connectivity index is 0.000000162. The first-order valence-electron chi connectivity index (χ1n) is 14.7. The lowest BCUT2D eigenvalue weighted by atomic mass is 9.76. The Bertz CT molecular complexity index is 1540. The van der Waals surface area contributed by atoms with Gasteiger partial charge in [0, 0.05) is 48.4 Å². The molecule has 0 amide bonds. The molecule has 10 heteroatoms. The first-order chi connectivity index (χ1) is 20.2. The molecule has 3 aliphatic heterocycles. The zero-order chi connectivity index (χ0) is 29.3. The molecule has 0 radical (unpaired) electrons. The number of fused-ring (bicyclic) bond motifs is 2. The Labute approximate surface area is 256 Å². The highest BCUT2D eigenvalue weighted by atomic mass is 79.9. The molecular formula is C32H38BBrN4O4. The monoisotopic (exact) mass is 632 g/mol. The van der Waals surface area contributed by atoms with Gasteiger partial charge in [0.2, 0.25) is 0 Å². The molecule has 3 fully saturated rings. The molecule has 4 aromatic rings. The number of pyridine rings is 2. The van der Waals surface area contributed by atoms with Crippen LogP contribution in [0.1, 0.15) is 27.7 Å². The van der Waals surface area contributed by atoms with Gasteiger partial charge in [-0.3, -0.25) is 0 Å². The minimum atomic E-state index is -0.371. The second-order valence-corrected chi connectivity index (χ2v) is 12.8. The van der Waals surface area contributed by atoms with Crippen molar-refractivity contribution < 1.29 is 18.8 Å². The highest BCUT2D eigenvalue weighted by Gasteiger charge is 2.52. The van der Waals surface area contributed by atoms with Crippen molar-refractivity contribution in [2.75, 3.05) is 62.4 Å². The van der Waals surface area contributed by atoms with Crippen molar-refractivity contribution >= 4 is 61.7 Å². The summed E-state index contributed by atoms with van der Waals surface area (Å²) in [5.74, 6) is 2.04. The van der Waals surface area contributed by atoms with Crippen LogP contribution in [0.15, 0.2) is 65.4 Å². The number of hydrogen-bond acceptors (Lipinski definition) is 8. The van der Waals surface area contributed by atoms with Crippen molar-refractivity contribution in [2.45, 2.75) is 38.9 Å². The van der Waals surface area contributed by atoms with Crippen LogP contribution >= 0.6 is 15.9 Å². The van der Waals surface area contributed by atoms with Crippen LogP contribution < -0.4 is 15.3 Å². The maximum absolute atomic E-state index is 6.23. The molecule has 2 aromatic heterocycles. The van der Waals surface area contributed by atoms with E-state index in [0.717, 1.165) is 90.3 Å². The molecule has 0 saturated carbocycles. The lowest BCUT2D eigenvalue weighted by Crippen LogP contribution is -2.41. The topological polar surface area (TPSA) is 69.2 Å². The summed E-state index contributed by atoms with van der Waals surface area (Å²) >= 11 is 3.54. The first kappa shape index (κ1) is 29.3. The quantitative estimate of drug-likeness (QED) is 0.286. The summed E-state index contributed by atoms with van der Waals surface area (Å²) in [5.41, 5.74) is 0.347. The van der Waals surface area contributed by atoms with Crippen molar-refractivity contribution in [1.82, 2.24) is 9.97 Å². The van der Waals surface area contributed by atoms with Crippen LogP contribution in [0.3, 0.4) is 0 Å². The Morgan fingerprint density at radius 2 is 1.17 bits per heavy atom. The van der Waals surface area contributed by atoms with Crippen LogP contribution in [0, 0.1) is 0 Å². The predicted molar refractivity (Wildman–Crippen MR) is 173 cm³/mol. The number of morpholine rings is 2. The molecule has 0 spiro atoms. The van der Waals surface area contributed by atoms with Gasteiger partial charge in [0.1, 0.15) is 11.6 Å². The van der Waals surface area contributed by atoms with Crippen LogP contribution in [-0.4, -0.2) is 80.9 Å². The van der Waals surface area contributed by atoms with Crippen LogP contribution in [0.5, 0.6) is 0 Å². The molecule has 8 nitrogen and oxygen atoms in total. The molecule has 0 aliphatic carbocycles. The molecule has 0 bridgehead atoms. The fraction of sp³-hybridized carbons (Fsp3) is 0.438. The zero-order valence-corrected chi connectivity index (χ0v) is 26.4. The molecule has 3 saturated heterocycles. The van der Waals surface area contributed by atoms with Gasteiger partial charge in [-0.1, -0.05) is 46.3 Å². The van der Waals surface area contributed by atoms with E-state index in [9.17, 15) is 0 Å². The standard InChI is InChI=1S/C19H25BN2O3.C13H13BrN2O/c1-18(2)19(3,4)25-20(24-18)16-7-5-6-14-12-17(21-13-15(14)16)22-8-10-23-11-9-22;14-12-3-1-2-10-8-13(15-9-11(10)12)16-4-6-17-7-5-16/h5-7,12-13H,8-11H2,1-4H3;1-3,8-9H,4-7H2. The Hall–Kier alpha value is -2.76. The number of anilines is 2. The number of benzene rings is 2. The third kappa shape index (κ3) is 6.01. The van der Waals surface area contributed by atoms with Gasteiger partial charge in [0.15, 0.2) is 0 Å². The number of rotatable bonds is 3. The summed E-state index contributed by atoms with van der Waals surface area (Å²) in [6.45, 7) is 15.0. The highest BCUT2D eigenvalue weighted by Crippen LogP contribution is 2.37. The van der Waals surface area contributed by atoms with Crippen molar-refractivity contribution in [3.05, 3.63) is 65.4 Å². The summed E-state index contributed by atoms with van der Waals surface area (Å²) in [4.78, 5) is 13.8. The molecule has 3 aliphatic rings. The van der Waals surface area contributed by atoms with Crippen LogP contribution in [0.25, 0.3) is 21.5 Å². The fourth-order valence-electron chi connectivity index (χ4n) is 5.41. The van der Waals surface area contributed by atoms with Gasteiger partial charge in [-0.05, 0) is 67.5 Å². The third-order valence-corrected chi connectivity index (χ3v) is 9.35. The van der Waals surface area contributed by atoms with E-state index in [1.807, 2.05) is 18.5 Å². The van der Waals surface area contributed by atoms with Gasteiger partial charge in [0.05, 0.1) is 37.6 Å². The van der Waals surface area contributed by atoms with Crippen molar-refractivity contribution in [3.8, 4) is 0 Å². The van der Waals surface area contributed by atoms with E-state index in [-0.39, 0.29) is 18.3 Å². The number of ether oxygens (including phenoxy) is 2.